The molecule has 112 valence electrons. The van der Waals surface area contributed by atoms with E-state index in [0.717, 1.165) is 23.6 Å². The molecule has 0 aromatic heterocycles. The fourth-order valence-electron chi connectivity index (χ4n) is 3.40. The van der Waals surface area contributed by atoms with Crippen molar-refractivity contribution >= 4 is 5.69 Å². The van der Waals surface area contributed by atoms with Gasteiger partial charge >= 0.3 is 0 Å². The van der Waals surface area contributed by atoms with E-state index in [1.165, 1.54) is 27.9 Å². The molecule has 0 saturated heterocycles. The first-order chi connectivity index (χ1) is 11.4. The van der Waals surface area contributed by atoms with Gasteiger partial charge in [0.1, 0.15) is 0 Å². The Kier molecular flexibility index (Phi) is 2.62. The van der Waals surface area contributed by atoms with Crippen molar-refractivity contribution in [3.63, 3.8) is 0 Å². The standard InChI is InChI=1S/C20H15NO2/c1-2-5-16-14(4-1)11-21-17-7-3-6-15(20(16)17)13-8-9-18-19(10-13)23-12-22-18/h1-10,21H,11-12H2. The van der Waals surface area contributed by atoms with Gasteiger partial charge in [0.2, 0.25) is 6.79 Å². The minimum atomic E-state index is 0.302. The van der Waals surface area contributed by atoms with E-state index in [2.05, 4.69) is 59.9 Å². The highest BCUT2D eigenvalue weighted by atomic mass is 16.7. The van der Waals surface area contributed by atoms with Crippen LogP contribution in [0.5, 0.6) is 11.5 Å². The molecule has 0 aliphatic carbocycles. The predicted octanol–water partition coefficient (Wildman–Crippen LogP) is 4.67. The molecule has 0 atom stereocenters. The smallest absolute Gasteiger partial charge is 0.231 e. The van der Waals surface area contributed by atoms with E-state index in [4.69, 9.17) is 9.47 Å². The van der Waals surface area contributed by atoms with Gasteiger partial charge in [-0.15, -0.1) is 0 Å². The Balaban J connectivity index is 1.74. The Labute approximate surface area is 134 Å². The minimum Gasteiger partial charge on any atom is -0.454 e. The second-order valence-electron chi connectivity index (χ2n) is 5.81. The molecule has 0 fully saturated rings. The van der Waals surface area contributed by atoms with Crippen LogP contribution in [-0.4, -0.2) is 6.79 Å². The number of anilines is 1. The first kappa shape index (κ1) is 12.6. The molecule has 1 N–H and O–H groups in total. The van der Waals surface area contributed by atoms with E-state index >= 15 is 0 Å². The zero-order valence-electron chi connectivity index (χ0n) is 12.5. The third-order valence-corrected chi connectivity index (χ3v) is 4.50. The van der Waals surface area contributed by atoms with Gasteiger partial charge in [0.05, 0.1) is 0 Å². The molecule has 3 heteroatoms. The fourth-order valence-corrected chi connectivity index (χ4v) is 3.40. The first-order valence-corrected chi connectivity index (χ1v) is 7.75. The number of benzene rings is 3. The summed E-state index contributed by atoms with van der Waals surface area (Å²) in [5, 5.41) is 3.53. The molecular weight excluding hydrogens is 286 g/mol. The second kappa shape index (κ2) is 4.78. The highest BCUT2D eigenvalue weighted by molar-refractivity contribution is 5.94. The van der Waals surface area contributed by atoms with Gasteiger partial charge < -0.3 is 14.8 Å². The Bertz CT molecular complexity index is 917. The monoisotopic (exact) mass is 301 g/mol. The van der Waals surface area contributed by atoms with Crippen molar-refractivity contribution in [2.24, 2.45) is 0 Å². The lowest BCUT2D eigenvalue weighted by atomic mass is 9.88. The molecule has 2 aliphatic rings. The van der Waals surface area contributed by atoms with Gasteiger partial charge in [-0.05, 0) is 40.5 Å². The largest absolute Gasteiger partial charge is 0.454 e. The number of fused-ring (bicyclic) bond motifs is 4. The topological polar surface area (TPSA) is 30.5 Å². The lowest BCUT2D eigenvalue weighted by Crippen LogP contribution is -2.09. The van der Waals surface area contributed by atoms with Crippen molar-refractivity contribution in [3.8, 4) is 33.8 Å². The maximum Gasteiger partial charge on any atom is 0.231 e. The van der Waals surface area contributed by atoms with Crippen LogP contribution in [0.4, 0.5) is 5.69 Å². The second-order valence-corrected chi connectivity index (χ2v) is 5.81. The van der Waals surface area contributed by atoms with E-state index in [-0.39, 0.29) is 0 Å². The van der Waals surface area contributed by atoms with Crippen LogP contribution in [0.2, 0.25) is 0 Å². The first-order valence-electron chi connectivity index (χ1n) is 7.75. The third-order valence-electron chi connectivity index (χ3n) is 4.50. The molecule has 0 bridgehead atoms. The van der Waals surface area contributed by atoms with Gasteiger partial charge in [-0.3, -0.25) is 0 Å². The Morgan fingerprint density at radius 2 is 1.65 bits per heavy atom. The van der Waals surface area contributed by atoms with Gasteiger partial charge in [-0.25, -0.2) is 0 Å². The van der Waals surface area contributed by atoms with Gasteiger partial charge in [-0.1, -0.05) is 42.5 Å². The van der Waals surface area contributed by atoms with Crippen molar-refractivity contribution < 1.29 is 9.47 Å². The normalized spacial score (nSPS) is 13.9. The molecule has 0 spiro atoms. The summed E-state index contributed by atoms with van der Waals surface area (Å²) in [6.07, 6.45) is 0. The highest BCUT2D eigenvalue weighted by Gasteiger charge is 2.20. The number of hydrogen-bond acceptors (Lipinski definition) is 3. The van der Waals surface area contributed by atoms with Crippen molar-refractivity contribution in [1.82, 2.24) is 0 Å². The molecule has 3 aromatic carbocycles. The van der Waals surface area contributed by atoms with Gasteiger partial charge in [0.25, 0.3) is 0 Å². The number of nitrogens with one attached hydrogen (secondary N) is 1. The minimum absolute atomic E-state index is 0.302. The molecule has 0 amide bonds. The summed E-state index contributed by atoms with van der Waals surface area (Å²) in [4.78, 5) is 0. The van der Waals surface area contributed by atoms with Crippen molar-refractivity contribution in [1.29, 1.82) is 0 Å². The Hall–Kier alpha value is -2.94. The van der Waals surface area contributed by atoms with Crippen LogP contribution >= 0.6 is 0 Å². The number of ether oxygens (including phenoxy) is 2. The van der Waals surface area contributed by atoms with E-state index in [0.29, 0.717) is 6.79 Å². The maximum atomic E-state index is 5.54. The van der Waals surface area contributed by atoms with Crippen LogP contribution in [0.15, 0.2) is 60.7 Å². The zero-order valence-corrected chi connectivity index (χ0v) is 12.5. The average Bonchev–Trinajstić information content (AvgIpc) is 3.08. The predicted molar refractivity (Wildman–Crippen MR) is 90.8 cm³/mol. The fraction of sp³-hybridized carbons (Fsp3) is 0.100. The van der Waals surface area contributed by atoms with Gasteiger partial charge in [0, 0.05) is 17.8 Å². The lowest BCUT2D eigenvalue weighted by molar-refractivity contribution is 0.174. The molecular formula is C20H15NO2. The number of hydrogen-bond donors (Lipinski definition) is 1. The number of rotatable bonds is 1. The molecule has 2 aliphatic heterocycles. The average molecular weight is 301 g/mol. The van der Waals surface area contributed by atoms with E-state index in [9.17, 15) is 0 Å². The maximum absolute atomic E-state index is 5.54. The summed E-state index contributed by atoms with van der Waals surface area (Å²) in [5.41, 5.74) is 7.42. The molecule has 0 saturated carbocycles. The summed E-state index contributed by atoms with van der Waals surface area (Å²) < 4.78 is 11.0. The van der Waals surface area contributed by atoms with E-state index in [1.807, 2.05) is 6.07 Å². The molecule has 5 rings (SSSR count). The van der Waals surface area contributed by atoms with Crippen LogP contribution in [-0.2, 0) is 6.54 Å². The van der Waals surface area contributed by atoms with E-state index < -0.39 is 0 Å². The zero-order chi connectivity index (χ0) is 15.2. The van der Waals surface area contributed by atoms with Crippen LogP contribution in [0.3, 0.4) is 0 Å². The van der Waals surface area contributed by atoms with Crippen LogP contribution in [0.25, 0.3) is 22.3 Å². The molecule has 3 nitrogen and oxygen atoms in total. The summed E-state index contributed by atoms with van der Waals surface area (Å²) in [7, 11) is 0. The van der Waals surface area contributed by atoms with Crippen molar-refractivity contribution in [2.45, 2.75) is 6.54 Å². The van der Waals surface area contributed by atoms with Crippen molar-refractivity contribution in [3.05, 3.63) is 66.2 Å². The molecule has 0 radical (unpaired) electrons. The van der Waals surface area contributed by atoms with Crippen LogP contribution < -0.4 is 14.8 Å². The molecule has 0 unspecified atom stereocenters. The van der Waals surface area contributed by atoms with Crippen LogP contribution in [0, 0.1) is 0 Å². The van der Waals surface area contributed by atoms with Gasteiger partial charge in [-0.2, -0.15) is 0 Å². The Morgan fingerprint density at radius 1 is 0.783 bits per heavy atom. The van der Waals surface area contributed by atoms with Gasteiger partial charge in [0.15, 0.2) is 11.5 Å². The SMILES string of the molecule is c1ccc2c(c1)CNc1cccc(-c3ccc4c(c3)OCO4)c1-2. The molecule has 2 heterocycles. The lowest BCUT2D eigenvalue weighted by Gasteiger charge is -2.24. The summed E-state index contributed by atoms with van der Waals surface area (Å²) in [6, 6.07) is 21.1. The molecule has 23 heavy (non-hydrogen) atoms. The summed E-state index contributed by atoms with van der Waals surface area (Å²) >= 11 is 0. The molecule has 3 aromatic rings. The van der Waals surface area contributed by atoms with Crippen LogP contribution in [0.1, 0.15) is 5.56 Å². The third kappa shape index (κ3) is 1.90. The van der Waals surface area contributed by atoms with E-state index in [1.54, 1.807) is 0 Å². The summed E-state index contributed by atoms with van der Waals surface area (Å²) in [6.45, 7) is 1.17. The Morgan fingerprint density at radius 3 is 2.65 bits per heavy atom. The highest BCUT2D eigenvalue weighted by Crippen LogP contribution is 2.44. The quantitative estimate of drug-likeness (QED) is 0.708. The van der Waals surface area contributed by atoms with Crippen molar-refractivity contribution in [2.75, 3.05) is 12.1 Å². The summed E-state index contributed by atoms with van der Waals surface area (Å²) in [5.74, 6) is 1.63.